The number of hydrogen-bond acceptors (Lipinski definition) is 0. The van der Waals surface area contributed by atoms with Crippen LogP contribution in [0, 0.1) is 26.3 Å². The Morgan fingerprint density at radius 3 is 0.571 bits per heavy atom. The molecule has 0 spiro atoms. The monoisotopic (exact) mass is 254 g/mol. The van der Waals surface area contributed by atoms with Gasteiger partial charge >= 0.3 is 7.25 Å². The van der Waals surface area contributed by atoms with E-state index < -0.39 is 7.25 Å². The molecule has 0 rings (SSSR count). The smallest absolute Gasteiger partial charge is 0.521 e. The molecule has 0 aliphatic carbocycles. The summed E-state index contributed by atoms with van der Waals surface area (Å²) in [5.41, 5.74) is 0. The Kier molecular flexibility index (Phi) is 152. The molecule has 0 amide bonds. The van der Waals surface area contributed by atoms with Gasteiger partial charge in [0.1, 0.15) is 0 Å². The van der Waals surface area contributed by atoms with Crippen LogP contribution in [0.3, 0.4) is 0 Å². The molecule has 14 heavy (non-hydrogen) atoms. The molecule has 0 saturated heterocycles. The van der Waals surface area contributed by atoms with Crippen molar-refractivity contribution in [3.63, 3.8) is 0 Å². The first-order valence-corrected chi connectivity index (χ1v) is 2.51. The maximum atomic E-state index is 9.75. The van der Waals surface area contributed by atoms with E-state index in [1.165, 1.54) is 0 Å². The molecular formula is C8H12BCoF4-5. The van der Waals surface area contributed by atoms with Crippen molar-refractivity contribution < 1.29 is 34.0 Å². The summed E-state index contributed by atoms with van der Waals surface area (Å²) in [5, 5.41) is 0. The van der Waals surface area contributed by atoms with Crippen LogP contribution < -0.4 is 0 Å². The van der Waals surface area contributed by atoms with Crippen LogP contribution in [0.4, 0.5) is 17.3 Å². The SMILES string of the molecule is F[B-](F)(F)F.[CH-]=C.[CH-]=C.[CH-]=C.[CH-]=C.[Co]. The first-order chi connectivity index (χ1) is 6.00. The summed E-state index contributed by atoms with van der Waals surface area (Å²) in [6, 6.07) is 0. The van der Waals surface area contributed by atoms with Gasteiger partial charge in [0, 0.05) is 16.8 Å². The van der Waals surface area contributed by atoms with Gasteiger partial charge in [0.05, 0.1) is 0 Å². The molecule has 0 aliphatic heterocycles. The largest absolute Gasteiger partial charge is 0.673 e. The molecule has 0 fully saturated rings. The second kappa shape index (κ2) is 56.2. The summed E-state index contributed by atoms with van der Waals surface area (Å²) in [5.74, 6) is 0. The third-order valence-electron chi connectivity index (χ3n) is 0. The molecule has 0 aromatic rings. The van der Waals surface area contributed by atoms with Gasteiger partial charge in [-0.1, -0.05) is 0 Å². The van der Waals surface area contributed by atoms with Crippen molar-refractivity contribution in [3.05, 3.63) is 52.6 Å². The molecule has 89 valence electrons. The van der Waals surface area contributed by atoms with Gasteiger partial charge in [0.2, 0.25) is 0 Å². The molecule has 0 aromatic heterocycles. The molecule has 0 saturated carbocycles. The van der Waals surface area contributed by atoms with Gasteiger partial charge in [-0.3, -0.25) is 26.3 Å². The Morgan fingerprint density at radius 1 is 0.571 bits per heavy atom. The average molecular weight is 254 g/mol. The standard InChI is InChI=1S/4C2H3.BF4.Co/c4*1-2;2-1(3,4)5;/h4*1H,2H2;;/q5*-1;. The maximum Gasteiger partial charge on any atom is 0.673 e. The zero-order valence-corrected chi connectivity index (χ0v) is 8.60. The molecule has 0 N–H and O–H groups in total. The predicted octanol–water partition coefficient (Wildman–Crippen LogP) is 3.72. The average Bonchev–Trinajstić information content (AvgIpc) is 2.14. The van der Waals surface area contributed by atoms with Gasteiger partial charge in [-0.2, -0.15) is 0 Å². The Morgan fingerprint density at radius 2 is 0.571 bits per heavy atom. The van der Waals surface area contributed by atoms with E-state index in [1.807, 2.05) is 0 Å². The van der Waals surface area contributed by atoms with Crippen molar-refractivity contribution in [2.45, 2.75) is 0 Å². The van der Waals surface area contributed by atoms with E-state index in [0.29, 0.717) is 0 Å². The van der Waals surface area contributed by atoms with Gasteiger partial charge < -0.3 is 43.6 Å². The van der Waals surface area contributed by atoms with Crippen molar-refractivity contribution >= 4 is 7.25 Å². The van der Waals surface area contributed by atoms with Crippen molar-refractivity contribution in [3.8, 4) is 0 Å². The van der Waals surface area contributed by atoms with Gasteiger partial charge in [0.15, 0.2) is 0 Å². The van der Waals surface area contributed by atoms with E-state index >= 15 is 0 Å². The molecule has 0 heterocycles. The van der Waals surface area contributed by atoms with Crippen LogP contribution in [0.5, 0.6) is 0 Å². The van der Waals surface area contributed by atoms with Crippen molar-refractivity contribution in [1.82, 2.24) is 0 Å². The van der Waals surface area contributed by atoms with Crippen LogP contribution in [0.1, 0.15) is 0 Å². The number of rotatable bonds is 0. The minimum absolute atomic E-state index is 0. The fraction of sp³-hybridized carbons (Fsp3) is 0. The van der Waals surface area contributed by atoms with E-state index in [0.717, 1.165) is 0 Å². The Bertz CT molecular complexity index is 64.2. The first kappa shape index (κ1) is 37.8. The topological polar surface area (TPSA) is 0 Å². The van der Waals surface area contributed by atoms with Gasteiger partial charge in [0.25, 0.3) is 0 Å². The summed E-state index contributed by atoms with van der Waals surface area (Å²) in [4.78, 5) is 0. The number of hydrogen-bond donors (Lipinski definition) is 0. The van der Waals surface area contributed by atoms with Crippen molar-refractivity contribution in [2.24, 2.45) is 0 Å². The summed E-state index contributed by atoms with van der Waals surface area (Å²) in [6.45, 7) is 28.0. The summed E-state index contributed by atoms with van der Waals surface area (Å²) in [7, 11) is -6.00. The van der Waals surface area contributed by atoms with Gasteiger partial charge in [-0.05, 0) is 0 Å². The van der Waals surface area contributed by atoms with Crippen LogP contribution in [0.25, 0.3) is 0 Å². The van der Waals surface area contributed by atoms with Crippen LogP contribution in [-0.2, 0) is 16.8 Å². The van der Waals surface area contributed by atoms with Crippen LogP contribution >= 0.6 is 0 Å². The van der Waals surface area contributed by atoms with E-state index in [4.69, 9.17) is 0 Å². The Hall–Kier alpha value is -0.749. The predicted molar refractivity (Wildman–Crippen MR) is 49.9 cm³/mol. The van der Waals surface area contributed by atoms with Crippen molar-refractivity contribution in [1.29, 1.82) is 0 Å². The third kappa shape index (κ3) is 2110. The Labute approximate surface area is 94.4 Å². The second-order valence-corrected chi connectivity index (χ2v) is 0.495. The van der Waals surface area contributed by atoms with E-state index in [1.54, 1.807) is 0 Å². The molecule has 0 nitrogen and oxygen atoms in total. The molecular weight excluding hydrogens is 242 g/mol. The van der Waals surface area contributed by atoms with Gasteiger partial charge in [-0.25, -0.2) is 0 Å². The van der Waals surface area contributed by atoms with Crippen LogP contribution in [0.15, 0.2) is 26.3 Å². The molecule has 0 bridgehead atoms. The van der Waals surface area contributed by atoms with Crippen LogP contribution in [-0.4, -0.2) is 7.25 Å². The fourth-order valence-corrected chi connectivity index (χ4v) is 0. The quantitative estimate of drug-likeness (QED) is 0.351. The zero-order chi connectivity index (χ0) is 12.5. The maximum absolute atomic E-state index is 9.75. The molecule has 1 radical (unpaired) electrons. The normalized spacial score (nSPS) is 5.43. The zero-order valence-electron chi connectivity index (χ0n) is 7.56. The van der Waals surface area contributed by atoms with Crippen molar-refractivity contribution in [2.75, 3.05) is 0 Å². The van der Waals surface area contributed by atoms with E-state index in [-0.39, 0.29) is 16.8 Å². The third-order valence-corrected chi connectivity index (χ3v) is 0. The molecule has 6 heteroatoms. The molecule has 0 aliphatic rings. The van der Waals surface area contributed by atoms with E-state index in [2.05, 4.69) is 52.6 Å². The number of halogens is 4. The summed E-state index contributed by atoms with van der Waals surface area (Å²) >= 11 is 0. The Balaban J connectivity index is -0.0000000156. The summed E-state index contributed by atoms with van der Waals surface area (Å²) in [6.07, 6.45) is 0. The fourth-order valence-electron chi connectivity index (χ4n) is 0. The van der Waals surface area contributed by atoms with Gasteiger partial charge in [-0.15, -0.1) is 0 Å². The first-order valence-electron chi connectivity index (χ1n) is 2.51. The molecule has 0 aromatic carbocycles. The molecule has 0 atom stereocenters. The minimum Gasteiger partial charge on any atom is -0.521 e. The van der Waals surface area contributed by atoms with E-state index in [9.17, 15) is 17.3 Å². The minimum atomic E-state index is -6.00. The molecule has 0 unspecified atom stereocenters. The summed E-state index contributed by atoms with van der Waals surface area (Å²) < 4.78 is 39.0. The second-order valence-electron chi connectivity index (χ2n) is 0.495. The van der Waals surface area contributed by atoms with Crippen LogP contribution in [0.2, 0.25) is 0 Å².